The molecule has 0 saturated heterocycles. The Kier molecular flexibility index (Phi) is 6.23. The number of benzene rings is 2. The van der Waals surface area contributed by atoms with Crippen LogP contribution in [0.5, 0.6) is 0 Å². The minimum Gasteiger partial charge on any atom is -0.369 e. The number of rotatable bonds is 5. The fourth-order valence-electron chi connectivity index (χ4n) is 2.78. The highest BCUT2D eigenvalue weighted by molar-refractivity contribution is 6.11. The highest BCUT2D eigenvalue weighted by Gasteiger charge is 2.28. The van der Waals surface area contributed by atoms with Gasteiger partial charge in [0.2, 0.25) is 17.8 Å². The molecule has 0 saturated carbocycles. The summed E-state index contributed by atoms with van der Waals surface area (Å²) in [7, 11) is 0. The number of hydrogen-bond donors (Lipinski definition) is 4. The maximum Gasteiger partial charge on any atom is 0.252 e. The van der Waals surface area contributed by atoms with E-state index in [0.29, 0.717) is 11.6 Å². The van der Waals surface area contributed by atoms with Crippen LogP contribution in [0, 0.1) is 0 Å². The van der Waals surface area contributed by atoms with Crippen LogP contribution in [-0.4, -0.2) is 29.8 Å². The van der Waals surface area contributed by atoms with Gasteiger partial charge in [0.1, 0.15) is 6.04 Å². The molecule has 1 unspecified atom stereocenters. The first-order valence-electron chi connectivity index (χ1n) is 9.35. The number of amides is 2. The van der Waals surface area contributed by atoms with Crippen molar-refractivity contribution in [2.45, 2.75) is 32.2 Å². The van der Waals surface area contributed by atoms with E-state index in [1.807, 2.05) is 54.6 Å². The number of para-hydroxylation sites is 1. The lowest BCUT2D eigenvalue weighted by molar-refractivity contribution is -0.123. The van der Waals surface area contributed by atoms with E-state index >= 15 is 0 Å². The Labute approximate surface area is 169 Å². The lowest BCUT2D eigenvalue weighted by Crippen LogP contribution is -2.32. The highest BCUT2D eigenvalue weighted by Crippen LogP contribution is 2.17. The zero-order chi connectivity index (χ0) is 20.8. The number of carbonyl (C=O) groups is 2. The molecule has 1 aliphatic heterocycles. The molecule has 0 spiro atoms. The van der Waals surface area contributed by atoms with Crippen LogP contribution in [0.1, 0.15) is 31.7 Å². The molecule has 0 aliphatic carbocycles. The Hall–Kier alpha value is -3.68. The van der Waals surface area contributed by atoms with Crippen LogP contribution in [0.2, 0.25) is 0 Å². The van der Waals surface area contributed by atoms with Gasteiger partial charge in [-0.25, -0.2) is 4.99 Å². The SMILES string of the molecule is CC(C)c1ccc(NC(=O)CC2N=C(/N=C(\N)Nc3ccccc3)NC2=O)cc1. The van der Waals surface area contributed by atoms with E-state index in [0.717, 1.165) is 5.69 Å². The van der Waals surface area contributed by atoms with Gasteiger partial charge in [0.15, 0.2) is 0 Å². The molecule has 1 aliphatic rings. The molecule has 1 heterocycles. The van der Waals surface area contributed by atoms with Crippen molar-refractivity contribution in [2.24, 2.45) is 15.7 Å². The van der Waals surface area contributed by atoms with Crippen molar-refractivity contribution in [2.75, 3.05) is 10.6 Å². The fourth-order valence-corrected chi connectivity index (χ4v) is 2.78. The molecule has 0 fully saturated rings. The normalized spacial score (nSPS) is 16.4. The Morgan fingerprint density at radius 1 is 1.10 bits per heavy atom. The van der Waals surface area contributed by atoms with Crippen molar-refractivity contribution in [3.8, 4) is 0 Å². The Morgan fingerprint density at radius 3 is 2.41 bits per heavy atom. The average molecular weight is 392 g/mol. The first-order chi connectivity index (χ1) is 13.9. The highest BCUT2D eigenvalue weighted by atomic mass is 16.2. The molecular weight excluding hydrogens is 368 g/mol. The quantitative estimate of drug-likeness (QED) is 0.461. The first-order valence-corrected chi connectivity index (χ1v) is 9.35. The first kappa shape index (κ1) is 20.1. The van der Waals surface area contributed by atoms with Gasteiger partial charge in [0, 0.05) is 11.4 Å². The molecule has 29 heavy (non-hydrogen) atoms. The third-order valence-electron chi connectivity index (χ3n) is 4.33. The largest absolute Gasteiger partial charge is 0.369 e. The number of nitrogens with one attached hydrogen (secondary N) is 3. The predicted molar refractivity (Wildman–Crippen MR) is 115 cm³/mol. The van der Waals surface area contributed by atoms with Gasteiger partial charge >= 0.3 is 0 Å². The second kappa shape index (κ2) is 9.01. The maximum atomic E-state index is 12.3. The van der Waals surface area contributed by atoms with Crippen molar-refractivity contribution < 1.29 is 9.59 Å². The van der Waals surface area contributed by atoms with Gasteiger partial charge in [-0.1, -0.05) is 44.2 Å². The van der Waals surface area contributed by atoms with Gasteiger partial charge in [-0.15, -0.1) is 0 Å². The van der Waals surface area contributed by atoms with E-state index < -0.39 is 6.04 Å². The van der Waals surface area contributed by atoms with Gasteiger partial charge in [-0.3, -0.25) is 14.9 Å². The van der Waals surface area contributed by atoms with E-state index in [1.165, 1.54) is 5.56 Å². The molecule has 8 heteroatoms. The van der Waals surface area contributed by atoms with E-state index in [2.05, 4.69) is 39.8 Å². The summed E-state index contributed by atoms with van der Waals surface area (Å²) < 4.78 is 0. The van der Waals surface area contributed by atoms with Gasteiger partial charge in [-0.2, -0.15) is 4.99 Å². The number of nitrogens with two attached hydrogens (primary N) is 1. The zero-order valence-electron chi connectivity index (χ0n) is 16.3. The number of guanidine groups is 2. The van der Waals surface area contributed by atoms with Crippen molar-refractivity contribution in [3.05, 3.63) is 60.2 Å². The zero-order valence-corrected chi connectivity index (χ0v) is 16.3. The molecule has 2 amide bonds. The molecule has 150 valence electrons. The predicted octanol–water partition coefficient (Wildman–Crippen LogP) is 2.42. The molecule has 2 aromatic carbocycles. The van der Waals surface area contributed by atoms with Crippen LogP contribution in [0.4, 0.5) is 11.4 Å². The molecule has 5 N–H and O–H groups in total. The summed E-state index contributed by atoms with van der Waals surface area (Å²) >= 11 is 0. The van der Waals surface area contributed by atoms with Crippen molar-refractivity contribution in [3.63, 3.8) is 0 Å². The number of nitrogens with zero attached hydrogens (tertiary/aromatic N) is 2. The van der Waals surface area contributed by atoms with Crippen LogP contribution in [0.15, 0.2) is 64.6 Å². The van der Waals surface area contributed by atoms with E-state index in [1.54, 1.807) is 0 Å². The molecule has 2 aromatic rings. The van der Waals surface area contributed by atoms with Gasteiger partial charge in [-0.05, 0) is 35.7 Å². The standard InChI is InChI=1S/C21H24N6O2/c1-13(2)14-8-10-16(11-9-14)23-18(28)12-17-19(29)26-21(25-17)27-20(22)24-15-6-4-3-5-7-15/h3-11,13,17H,12H2,1-2H3,(H,23,28)(H4,22,24,25,26,27,29). The van der Waals surface area contributed by atoms with Gasteiger partial charge in [0.05, 0.1) is 6.42 Å². The molecule has 8 nitrogen and oxygen atoms in total. The molecule has 1 atom stereocenters. The molecule has 0 bridgehead atoms. The third kappa shape index (κ3) is 5.65. The number of anilines is 2. The minimum absolute atomic E-state index is 0.0787. The summed E-state index contributed by atoms with van der Waals surface area (Å²) in [6, 6.07) is 16.0. The van der Waals surface area contributed by atoms with E-state index in [4.69, 9.17) is 5.73 Å². The lowest BCUT2D eigenvalue weighted by atomic mass is 10.0. The third-order valence-corrected chi connectivity index (χ3v) is 4.33. The summed E-state index contributed by atoms with van der Waals surface area (Å²) in [5, 5.41) is 8.22. The van der Waals surface area contributed by atoms with Crippen LogP contribution < -0.4 is 21.7 Å². The maximum absolute atomic E-state index is 12.3. The minimum atomic E-state index is -0.840. The Balaban J connectivity index is 1.57. The van der Waals surface area contributed by atoms with Crippen molar-refractivity contribution >= 4 is 35.1 Å². The average Bonchev–Trinajstić information content (AvgIpc) is 3.01. The van der Waals surface area contributed by atoms with Crippen LogP contribution >= 0.6 is 0 Å². The van der Waals surface area contributed by atoms with Crippen LogP contribution in [0.25, 0.3) is 0 Å². The molecular formula is C21H24N6O2. The van der Waals surface area contributed by atoms with Crippen molar-refractivity contribution in [1.29, 1.82) is 0 Å². The van der Waals surface area contributed by atoms with E-state index in [-0.39, 0.29) is 30.2 Å². The second-order valence-electron chi connectivity index (χ2n) is 6.97. The van der Waals surface area contributed by atoms with Gasteiger partial charge < -0.3 is 16.4 Å². The number of aliphatic imine (C=N–C) groups is 2. The number of hydrogen-bond acceptors (Lipinski definition) is 4. The Morgan fingerprint density at radius 2 is 1.76 bits per heavy atom. The summed E-state index contributed by atoms with van der Waals surface area (Å²) in [4.78, 5) is 32.6. The van der Waals surface area contributed by atoms with Crippen LogP contribution in [-0.2, 0) is 9.59 Å². The summed E-state index contributed by atoms with van der Waals surface area (Å²) in [6.07, 6.45) is -0.0806. The molecule has 0 radical (unpaired) electrons. The number of carbonyl (C=O) groups excluding carboxylic acids is 2. The topological polar surface area (TPSA) is 121 Å². The summed E-state index contributed by atoms with van der Waals surface area (Å²) in [6.45, 7) is 4.21. The molecule has 3 rings (SSSR count). The summed E-state index contributed by atoms with van der Waals surface area (Å²) in [5.41, 5.74) is 8.47. The van der Waals surface area contributed by atoms with E-state index in [9.17, 15) is 9.59 Å². The van der Waals surface area contributed by atoms with Gasteiger partial charge in [0.25, 0.3) is 5.91 Å². The lowest BCUT2D eigenvalue weighted by Gasteiger charge is -2.09. The Bertz CT molecular complexity index is 935. The monoisotopic (exact) mass is 392 g/mol. The fraction of sp³-hybridized carbons (Fsp3) is 0.238. The second-order valence-corrected chi connectivity index (χ2v) is 6.97. The smallest absolute Gasteiger partial charge is 0.252 e. The van der Waals surface area contributed by atoms with Crippen molar-refractivity contribution in [1.82, 2.24) is 5.32 Å². The molecule has 0 aromatic heterocycles. The summed E-state index contributed by atoms with van der Waals surface area (Å²) in [5.74, 6) is -0.104. The van der Waals surface area contributed by atoms with Crippen LogP contribution in [0.3, 0.4) is 0 Å².